The van der Waals surface area contributed by atoms with Gasteiger partial charge in [0.1, 0.15) is 0 Å². The second-order valence-corrected chi connectivity index (χ2v) is 4.29. The lowest BCUT2D eigenvalue weighted by atomic mass is 10.3. The molecule has 0 aliphatic carbocycles. The van der Waals surface area contributed by atoms with Gasteiger partial charge in [0.15, 0.2) is 0 Å². The normalized spacial score (nSPS) is 10.3. The Morgan fingerprint density at radius 2 is 0.361 bits per heavy atom. The molecule has 0 aliphatic rings. The molecule has 0 spiro atoms. The van der Waals surface area contributed by atoms with Gasteiger partial charge in [-0.1, -0.05) is 0 Å². The van der Waals surface area contributed by atoms with Gasteiger partial charge in [0.2, 0.25) is 0 Å². The molecule has 0 unspecified atom stereocenters. The molecule has 0 aromatic carbocycles. The van der Waals surface area contributed by atoms with Crippen molar-refractivity contribution >= 4 is 36.3 Å². The third-order valence-electron chi connectivity index (χ3n) is 1.50. The number of rotatable bonds is 3. The summed E-state index contributed by atoms with van der Waals surface area (Å²) in [5.41, 5.74) is 0. The lowest BCUT2D eigenvalue weighted by Crippen LogP contribution is -3.11. The average Bonchev–Trinajstić information content (AvgIpc) is 2.30. The van der Waals surface area contributed by atoms with Crippen molar-refractivity contribution in [1.29, 1.82) is 0 Å². The van der Waals surface area contributed by atoms with E-state index in [0.29, 0.717) is 0 Å². The van der Waals surface area contributed by atoms with E-state index in [1.54, 1.807) is 4.90 Å². The molecule has 0 saturated heterocycles. The molecule has 0 bridgehead atoms. The minimum atomic E-state index is -6.00. The molecule has 17 N–H and O–H groups in total. The predicted molar refractivity (Wildman–Crippen MR) is 107 cm³/mol. The molecule has 0 atom stereocenters. The highest BCUT2D eigenvalue weighted by atomic mass is 19.5. The molecule has 30 heteroatoms. The minimum Gasteiger partial charge on any atom is -0.418 e. The van der Waals surface area contributed by atoms with Crippen molar-refractivity contribution in [3.63, 3.8) is 0 Å². The van der Waals surface area contributed by atoms with Crippen LogP contribution in [0.4, 0.5) is 86.3 Å². The second-order valence-electron chi connectivity index (χ2n) is 4.29. The second kappa shape index (κ2) is 30.0. The third-order valence-corrected chi connectivity index (χ3v) is 1.50. The first-order valence-corrected chi connectivity index (χ1v) is 7.55. The van der Waals surface area contributed by atoms with Crippen molar-refractivity contribution in [2.45, 2.75) is 20.8 Å². The fourth-order valence-corrected chi connectivity index (χ4v) is 0.750. The van der Waals surface area contributed by atoms with E-state index >= 15 is 0 Å². The van der Waals surface area contributed by atoms with Gasteiger partial charge in [0.05, 0.1) is 19.6 Å². The summed E-state index contributed by atoms with van der Waals surface area (Å²) in [7, 11) is -30.0. The maximum atomic E-state index is 9.75. The van der Waals surface area contributed by atoms with E-state index in [2.05, 4.69) is 20.8 Å². The molecule has 236 valence electrons. The zero-order valence-corrected chi connectivity index (χ0v) is 20.1. The van der Waals surface area contributed by atoms with Gasteiger partial charge in [-0.15, -0.1) is 0 Å². The summed E-state index contributed by atoms with van der Waals surface area (Å²) in [5.74, 6) is 0. The van der Waals surface area contributed by atoms with Crippen LogP contribution in [0, 0.1) is 0 Å². The first kappa shape index (κ1) is 64.6. The average molecular weight is 608 g/mol. The Bertz CT molecular complexity index is 276. The SMILES string of the molecule is CC[NH+](CC)CC.F[B-](F)(F)F.F[B-](F)(F)F.F[B-](F)(F)F.F[B-](F)(F)F.F[B-](F)(F)F.[NH4+].[NH4+].[NH4+].[NH4+]. The highest BCUT2D eigenvalue weighted by molar-refractivity contribution is 6.51. The summed E-state index contributed by atoms with van der Waals surface area (Å²) in [6.45, 7) is 10.5. The summed E-state index contributed by atoms with van der Waals surface area (Å²) in [6, 6.07) is 0. The Morgan fingerprint density at radius 3 is 0.361 bits per heavy atom. The number of halogens is 20. The van der Waals surface area contributed by atoms with Crippen LogP contribution in [-0.4, -0.2) is 55.9 Å². The van der Waals surface area contributed by atoms with Crippen molar-refractivity contribution in [2.75, 3.05) is 19.6 Å². The zero-order chi connectivity index (χ0) is 28.2. The first-order valence-electron chi connectivity index (χ1n) is 7.55. The largest absolute Gasteiger partial charge is 0.673 e. The van der Waals surface area contributed by atoms with Crippen molar-refractivity contribution in [2.24, 2.45) is 0 Å². The molecule has 5 nitrogen and oxygen atoms in total. The van der Waals surface area contributed by atoms with Gasteiger partial charge >= 0.3 is 36.3 Å². The highest BCUT2D eigenvalue weighted by Gasteiger charge is 2.22. The molecule has 0 amide bonds. The Labute approximate surface area is 193 Å². The van der Waals surface area contributed by atoms with Gasteiger partial charge in [-0.2, -0.15) is 0 Å². The van der Waals surface area contributed by atoms with Gasteiger partial charge in [-0.05, 0) is 20.8 Å². The fourth-order valence-electron chi connectivity index (χ4n) is 0.750. The van der Waals surface area contributed by atoms with E-state index < -0.39 is 36.3 Å². The Kier molecular flexibility index (Phi) is 53.8. The van der Waals surface area contributed by atoms with Crippen LogP contribution in [0.2, 0.25) is 0 Å². The highest BCUT2D eigenvalue weighted by Crippen LogP contribution is 2.08. The van der Waals surface area contributed by atoms with Crippen LogP contribution in [0.25, 0.3) is 0 Å². The molecule has 0 aromatic rings. The van der Waals surface area contributed by atoms with Crippen LogP contribution in [0.15, 0.2) is 0 Å². The van der Waals surface area contributed by atoms with Gasteiger partial charge in [0, 0.05) is 0 Å². The summed E-state index contributed by atoms with van der Waals surface area (Å²) in [6.07, 6.45) is 0. The maximum Gasteiger partial charge on any atom is 0.673 e. The minimum absolute atomic E-state index is 0. The summed E-state index contributed by atoms with van der Waals surface area (Å²) >= 11 is 0. The molecule has 0 heterocycles. The summed E-state index contributed by atoms with van der Waals surface area (Å²) in [5, 5.41) is 0. The van der Waals surface area contributed by atoms with Crippen molar-refractivity contribution in [3.8, 4) is 0 Å². The molecular weight excluding hydrogens is 576 g/mol. The molecule has 36 heavy (non-hydrogen) atoms. The lowest BCUT2D eigenvalue weighted by Gasteiger charge is -2.10. The van der Waals surface area contributed by atoms with Crippen molar-refractivity contribution < 1.29 is 91.2 Å². The van der Waals surface area contributed by atoms with Crippen LogP contribution in [-0.2, 0) is 0 Å². The Morgan fingerprint density at radius 1 is 0.306 bits per heavy atom. The van der Waals surface area contributed by atoms with Gasteiger partial charge in [-0.3, -0.25) is 0 Å². The van der Waals surface area contributed by atoms with Gasteiger partial charge < -0.3 is 116 Å². The van der Waals surface area contributed by atoms with E-state index in [1.807, 2.05) is 0 Å². The zero-order valence-electron chi connectivity index (χ0n) is 20.1. The first-order chi connectivity index (χ1) is 13.3. The molecule has 0 aromatic heterocycles. The van der Waals surface area contributed by atoms with Crippen LogP contribution >= 0.6 is 0 Å². The summed E-state index contributed by atoms with van der Waals surface area (Å²) < 4.78 is 195. The van der Waals surface area contributed by atoms with Crippen LogP contribution in [0.1, 0.15) is 20.8 Å². The molecule has 0 radical (unpaired) electrons. The van der Waals surface area contributed by atoms with Crippen LogP contribution in [0.5, 0.6) is 0 Å². The quantitative estimate of drug-likeness (QED) is 0.156. The van der Waals surface area contributed by atoms with Crippen molar-refractivity contribution in [1.82, 2.24) is 24.6 Å². The predicted octanol–water partition coefficient (Wildman–Crippen LogP) is 7.94. The number of hydrogen-bond acceptors (Lipinski definition) is 0. The molecule has 0 fully saturated rings. The fraction of sp³-hybridized carbons (Fsp3) is 1.00. The monoisotopic (exact) mass is 609 g/mol. The molecule has 0 saturated carbocycles. The van der Waals surface area contributed by atoms with Crippen LogP contribution in [0.3, 0.4) is 0 Å². The smallest absolute Gasteiger partial charge is 0.418 e. The maximum absolute atomic E-state index is 9.75. The van der Waals surface area contributed by atoms with E-state index in [9.17, 15) is 86.3 Å². The van der Waals surface area contributed by atoms with E-state index in [0.717, 1.165) is 0 Å². The van der Waals surface area contributed by atoms with Crippen molar-refractivity contribution in [3.05, 3.63) is 0 Å². The number of hydrogen-bond donors (Lipinski definition) is 5. The molecular formula is C6H32B5F20N5. The van der Waals surface area contributed by atoms with Gasteiger partial charge in [-0.25, -0.2) is 0 Å². The van der Waals surface area contributed by atoms with E-state index in [1.165, 1.54) is 19.6 Å². The number of nitrogens with one attached hydrogen (secondary N) is 1. The Hall–Kier alpha value is -1.28. The molecule has 0 rings (SSSR count). The standard InChI is InChI=1S/C6H15N.5BF4.4H3N/c1-4-7(5-2)6-3;5*2-1(3,4)5;;;;/h4-6H2,1-3H3;;;;;;4*1H3/q;5*-1;;;;/p+5. The summed E-state index contributed by atoms with van der Waals surface area (Å²) in [4.78, 5) is 1.68. The van der Waals surface area contributed by atoms with Crippen LogP contribution < -0.4 is 29.5 Å². The number of quaternary nitrogens is 5. The van der Waals surface area contributed by atoms with Gasteiger partial charge in [0.25, 0.3) is 0 Å². The lowest BCUT2D eigenvalue weighted by molar-refractivity contribution is -0.894. The van der Waals surface area contributed by atoms with E-state index in [4.69, 9.17) is 0 Å². The Balaban J connectivity index is -0.0000000277. The molecule has 0 aliphatic heterocycles. The topological polar surface area (TPSA) is 150 Å². The third kappa shape index (κ3) is 1480. The van der Waals surface area contributed by atoms with E-state index in [-0.39, 0.29) is 24.6 Å².